The molecule has 2 unspecified atom stereocenters. The van der Waals surface area contributed by atoms with Crippen molar-refractivity contribution in [1.29, 1.82) is 0 Å². The summed E-state index contributed by atoms with van der Waals surface area (Å²) in [5.41, 5.74) is 1.02. The van der Waals surface area contributed by atoms with Crippen LogP contribution in [0.5, 0.6) is 0 Å². The van der Waals surface area contributed by atoms with Gasteiger partial charge in [-0.1, -0.05) is 34.1 Å². The maximum absolute atomic E-state index is 12.2. The lowest BCUT2D eigenvalue weighted by molar-refractivity contribution is -0.156. The van der Waals surface area contributed by atoms with Crippen LogP contribution in [0.2, 0.25) is 0 Å². The van der Waals surface area contributed by atoms with E-state index in [0.29, 0.717) is 19.4 Å². The number of rotatable bonds is 4. The maximum Gasteiger partial charge on any atom is 0.307 e. The van der Waals surface area contributed by atoms with Crippen molar-refractivity contribution in [2.45, 2.75) is 19.4 Å². The van der Waals surface area contributed by atoms with Crippen molar-refractivity contribution in [1.82, 2.24) is 4.90 Å². The first-order chi connectivity index (χ1) is 9.00. The molecule has 0 aromatic heterocycles. The Balaban J connectivity index is 2.01. The fraction of sp³-hybridized carbons (Fsp3) is 0.429. The maximum atomic E-state index is 12.2. The van der Waals surface area contributed by atoms with E-state index in [1.807, 2.05) is 24.3 Å². The SMILES string of the molecule is CN(Cc1ccccc1Br)C(=O)C1CCC1C(=O)O. The zero-order chi connectivity index (χ0) is 14.0. The predicted octanol–water partition coefficient (Wildman–Crippen LogP) is 2.52. The second-order valence-electron chi connectivity index (χ2n) is 4.91. The standard InChI is InChI=1S/C14H16BrNO3/c1-16(8-9-4-2-3-5-12(9)15)13(17)10-6-7-11(10)14(18)19/h2-5,10-11H,6-8H2,1H3,(H,18,19). The number of carboxylic acid groups (broad SMARTS) is 1. The van der Waals surface area contributed by atoms with Gasteiger partial charge in [0.1, 0.15) is 0 Å². The fourth-order valence-electron chi connectivity index (χ4n) is 2.33. The fourth-order valence-corrected chi connectivity index (χ4v) is 2.74. The molecule has 19 heavy (non-hydrogen) atoms. The Hall–Kier alpha value is -1.36. The first-order valence-electron chi connectivity index (χ1n) is 6.22. The highest BCUT2D eigenvalue weighted by molar-refractivity contribution is 9.10. The van der Waals surface area contributed by atoms with E-state index in [1.54, 1.807) is 11.9 Å². The van der Waals surface area contributed by atoms with Crippen LogP contribution in [0, 0.1) is 11.8 Å². The van der Waals surface area contributed by atoms with Crippen molar-refractivity contribution >= 4 is 27.8 Å². The van der Waals surface area contributed by atoms with Crippen LogP contribution in [0.15, 0.2) is 28.7 Å². The van der Waals surface area contributed by atoms with Gasteiger partial charge >= 0.3 is 5.97 Å². The Labute approximate surface area is 120 Å². The minimum absolute atomic E-state index is 0.0746. The van der Waals surface area contributed by atoms with E-state index < -0.39 is 11.9 Å². The average Bonchev–Trinajstić information content (AvgIpc) is 2.29. The van der Waals surface area contributed by atoms with Gasteiger partial charge in [0.05, 0.1) is 11.8 Å². The van der Waals surface area contributed by atoms with Crippen LogP contribution in [0.4, 0.5) is 0 Å². The molecule has 1 amide bonds. The molecular weight excluding hydrogens is 310 g/mol. The van der Waals surface area contributed by atoms with Crippen LogP contribution in [0.3, 0.4) is 0 Å². The lowest BCUT2D eigenvalue weighted by Crippen LogP contribution is -2.44. The molecule has 1 aromatic rings. The quantitative estimate of drug-likeness (QED) is 0.925. The predicted molar refractivity (Wildman–Crippen MR) is 74.5 cm³/mol. The third-order valence-corrected chi connectivity index (χ3v) is 4.42. The summed E-state index contributed by atoms with van der Waals surface area (Å²) < 4.78 is 0.957. The van der Waals surface area contributed by atoms with Crippen LogP contribution < -0.4 is 0 Å². The molecule has 1 N–H and O–H groups in total. The Morgan fingerprint density at radius 1 is 1.32 bits per heavy atom. The molecule has 0 radical (unpaired) electrons. The molecule has 4 nitrogen and oxygen atoms in total. The zero-order valence-electron chi connectivity index (χ0n) is 10.7. The van der Waals surface area contributed by atoms with Gasteiger partial charge in [0.2, 0.25) is 5.91 Å². The normalized spacial score (nSPS) is 21.6. The largest absolute Gasteiger partial charge is 0.481 e. The Morgan fingerprint density at radius 2 is 1.95 bits per heavy atom. The van der Waals surface area contributed by atoms with Crippen LogP contribution >= 0.6 is 15.9 Å². The first kappa shape index (κ1) is 14.1. The molecule has 102 valence electrons. The zero-order valence-corrected chi connectivity index (χ0v) is 12.3. The molecule has 1 aromatic carbocycles. The molecule has 2 atom stereocenters. The minimum atomic E-state index is -0.862. The Bertz CT molecular complexity index is 503. The summed E-state index contributed by atoms with van der Waals surface area (Å²) in [4.78, 5) is 24.8. The molecule has 0 spiro atoms. The number of carbonyl (C=O) groups is 2. The number of benzene rings is 1. The first-order valence-corrected chi connectivity index (χ1v) is 7.01. The average molecular weight is 326 g/mol. The summed E-state index contributed by atoms with van der Waals surface area (Å²) in [7, 11) is 1.72. The monoisotopic (exact) mass is 325 g/mol. The van der Waals surface area contributed by atoms with Crippen LogP contribution in [-0.4, -0.2) is 28.9 Å². The summed E-state index contributed by atoms with van der Waals surface area (Å²) >= 11 is 3.44. The van der Waals surface area contributed by atoms with Gasteiger partial charge in [0.15, 0.2) is 0 Å². The van der Waals surface area contributed by atoms with Crippen molar-refractivity contribution in [2.24, 2.45) is 11.8 Å². The Kier molecular flexibility index (Phi) is 4.24. The van der Waals surface area contributed by atoms with Crippen LogP contribution in [-0.2, 0) is 16.1 Å². The number of aliphatic carboxylic acids is 1. The van der Waals surface area contributed by atoms with Crippen LogP contribution in [0.25, 0.3) is 0 Å². The number of amides is 1. The summed E-state index contributed by atoms with van der Waals surface area (Å²) in [5.74, 6) is -1.80. The van der Waals surface area contributed by atoms with Gasteiger partial charge in [-0.05, 0) is 24.5 Å². The second-order valence-corrected chi connectivity index (χ2v) is 5.77. The highest BCUT2D eigenvalue weighted by atomic mass is 79.9. The summed E-state index contributed by atoms with van der Waals surface area (Å²) in [5, 5.41) is 8.99. The lowest BCUT2D eigenvalue weighted by Gasteiger charge is -2.35. The van der Waals surface area contributed by atoms with Gasteiger partial charge in [0, 0.05) is 18.1 Å². The van der Waals surface area contributed by atoms with E-state index >= 15 is 0 Å². The van der Waals surface area contributed by atoms with Gasteiger partial charge < -0.3 is 10.0 Å². The van der Waals surface area contributed by atoms with Gasteiger partial charge in [-0.15, -0.1) is 0 Å². The molecule has 0 bridgehead atoms. The second kappa shape index (κ2) is 5.74. The topological polar surface area (TPSA) is 57.6 Å². The molecule has 2 rings (SSSR count). The van der Waals surface area contributed by atoms with Crippen molar-refractivity contribution in [3.05, 3.63) is 34.3 Å². The van der Waals surface area contributed by atoms with Gasteiger partial charge in [-0.2, -0.15) is 0 Å². The molecule has 0 saturated heterocycles. The minimum Gasteiger partial charge on any atom is -0.481 e. The summed E-state index contributed by atoms with van der Waals surface area (Å²) in [6, 6.07) is 7.71. The number of carboxylic acids is 1. The number of halogens is 1. The smallest absolute Gasteiger partial charge is 0.307 e. The Morgan fingerprint density at radius 3 is 2.47 bits per heavy atom. The molecule has 1 saturated carbocycles. The summed E-state index contributed by atoms with van der Waals surface area (Å²) in [6.07, 6.45) is 1.28. The van der Waals surface area contributed by atoms with E-state index in [4.69, 9.17) is 5.11 Å². The van der Waals surface area contributed by atoms with Gasteiger partial charge in [-0.3, -0.25) is 9.59 Å². The lowest BCUT2D eigenvalue weighted by atomic mass is 9.73. The van der Waals surface area contributed by atoms with E-state index in [1.165, 1.54) is 0 Å². The third-order valence-electron chi connectivity index (χ3n) is 3.65. The van der Waals surface area contributed by atoms with E-state index in [-0.39, 0.29) is 11.8 Å². The summed E-state index contributed by atoms with van der Waals surface area (Å²) in [6.45, 7) is 0.489. The molecular formula is C14H16BrNO3. The molecule has 1 fully saturated rings. The van der Waals surface area contributed by atoms with Crippen molar-refractivity contribution in [3.8, 4) is 0 Å². The van der Waals surface area contributed by atoms with E-state index in [2.05, 4.69) is 15.9 Å². The highest BCUT2D eigenvalue weighted by Crippen LogP contribution is 2.36. The molecule has 0 aliphatic heterocycles. The number of nitrogens with zero attached hydrogens (tertiary/aromatic N) is 1. The van der Waals surface area contributed by atoms with Gasteiger partial charge in [0.25, 0.3) is 0 Å². The highest BCUT2D eigenvalue weighted by Gasteiger charge is 2.42. The van der Waals surface area contributed by atoms with Crippen molar-refractivity contribution < 1.29 is 14.7 Å². The number of hydrogen-bond donors (Lipinski definition) is 1. The van der Waals surface area contributed by atoms with Crippen molar-refractivity contribution in [2.75, 3.05) is 7.05 Å². The van der Waals surface area contributed by atoms with E-state index in [0.717, 1.165) is 10.0 Å². The molecule has 5 heteroatoms. The van der Waals surface area contributed by atoms with Crippen molar-refractivity contribution in [3.63, 3.8) is 0 Å². The molecule has 0 heterocycles. The molecule has 1 aliphatic rings. The van der Waals surface area contributed by atoms with E-state index in [9.17, 15) is 9.59 Å². The number of carbonyl (C=O) groups excluding carboxylic acids is 1. The number of hydrogen-bond acceptors (Lipinski definition) is 2. The third kappa shape index (κ3) is 2.97. The van der Waals surface area contributed by atoms with Crippen LogP contribution in [0.1, 0.15) is 18.4 Å². The van der Waals surface area contributed by atoms with Gasteiger partial charge in [-0.25, -0.2) is 0 Å². The molecule has 1 aliphatic carbocycles.